The van der Waals surface area contributed by atoms with Crippen LogP contribution in [0, 0.1) is 11.8 Å². The van der Waals surface area contributed by atoms with E-state index in [1.807, 2.05) is 0 Å². The topological polar surface area (TPSA) is 18.5 Å². The van der Waals surface area contributed by atoms with E-state index >= 15 is 0 Å². The van der Waals surface area contributed by atoms with Gasteiger partial charge in [-0.15, -0.1) is 0 Å². The largest absolute Gasteiger partial charge is 0.496 e. The van der Waals surface area contributed by atoms with Crippen molar-refractivity contribution < 1.29 is 9.47 Å². The molecule has 0 aliphatic heterocycles. The zero-order chi connectivity index (χ0) is 15.4. The van der Waals surface area contributed by atoms with Gasteiger partial charge in [0.2, 0.25) is 0 Å². The molecule has 4 rings (SSSR count). The fourth-order valence-electron chi connectivity index (χ4n) is 4.51. The third-order valence-corrected chi connectivity index (χ3v) is 5.65. The Bertz CT molecular complexity index is 738. The summed E-state index contributed by atoms with van der Waals surface area (Å²) in [4.78, 5) is 0. The molecule has 2 nitrogen and oxygen atoms in total. The minimum absolute atomic E-state index is 0.493. The number of ether oxygens (including phenoxy) is 2. The van der Waals surface area contributed by atoms with Crippen LogP contribution in [0.2, 0.25) is 0 Å². The van der Waals surface area contributed by atoms with Gasteiger partial charge in [-0.2, -0.15) is 0 Å². The molecule has 0 spiro atoms. The summed E-state index contributed by atoms with van der Waals surface area (Å²) in [6, 6.07) is 0. The van der Waals surface area contributed by atoms with E-state index in [9.17, 15) is 0 Å². The van der Waals surface area contributed by atoms with Crippen LogP contribution in [0.5, 0.6) is 0 Å². The van der Waals surface area contributed by atoms with Crippen LogP contribution in [-0.2, 0) is 9.47 Å². The molecule has 0 bridgehead atoms. The fourth-order valence-corrected chi connectivity index (χ4v) is 4.51. The van der Waals surface area contributed by atoms with Gasteiger partial charge < -0.3 is 9.47 Å². The summed E-state index contributed by atoms with van der Waals surface area (Å²) in [5.41, 5.74) is 8.53. The first kappa shape index (κ1) is 13.7. The van der Waals surface area contributed by atoms with E-state index in [4.69, 9.17) is 9.47 Å². The van der Waals surface area contributed by atoms with E-state index in [0.29, 0.717) is 11.8 Å². The van der Waals surface area contributed by atoms with Crippen molar-refractivity contribution in [3.63, 3.8) is 0 Å². The van der Waals surface area contributed by atoms with Crippen molar-refractivity contribution >= 4 is 0 Å². The van der Waals surface area contributed by atoms with Crippen molar-refractivity contribution in [3.8, 4) is 0 Å². The highest BCUT2D eigenvalue weighted by Gasteiger charge is 2.43. The van der Waals surface area contributed by atoms with Crippen molar-refractivity contribution in [2.24, 2.45) is 11.8 Å². The molecule has 0 aromatic heterocycles. The van der Waals surface area contributed by atoms with Crippen LogP contribution in [0.3, 0.4) is 0 Å². The molecule has 0 radical (unpaired) electrons. The number of rotatable bonds is 2. The van der Waals surface area contributed by atoms with E-state index in [1.165, 1.54) is 27.9 Å². The van der Waals surface area contributed by atoms with Gasteiger partial charge in [-0.1, -0.05) is 23.3 Å². The van der Waals surface area contributed by atoms with Crippen LogP contribution >= 0.6 is 0 Å². The molecule has 1 fully saturated rings. The fraction of sp³-hybridized carbons (Fsp3) is 0.400. The maximum atomic E-state index is 5.59. The Balaban J connectivity index is 1.92. The number of methoxy groups -OCH3 is 2. The smallest absolute Gasteiger partial charge is 0.122 e. The van der Waals surface area contributed by atoms with Gasteiger partial charge in [0.1, 0.15) is 11.5 Å². The van der Waals surface area contributed by atoms with Crippen LogP contribution in [-0.4, -0.2) is 14.2 Å². The van der Waals surface area contributed by atoms with Crippen molar-refractivity contribution in [2.45, 2.75) is 26.7 Å². The lowest BCUT2D eigenvalue weighted by atomic mass is 9.59. The molecule has 0 N–H and O–H groups in total. The predicted octanol–water partition coefficient (Wildman–Crippen LogP) is 4.60. The normalized spacial score (nSPS) is 29.3. The second-order valence-corrected chi connectivity index (χ2v) is 6.52. The van der Waals surface area contributed by atoms with Crippen LogP contribution in [0.25, 0.3) is 0 Å². The molecule has 114 valence electrons. The molecule has 0 heterocycles. The number of hydrogen-bond donors (Lipinski definition) is 0. The van der Waals surface area contributed by atoms with Gasteiger partial charge in [0.05, 0.1) is 14.2 Å². The Hall–Kier alpha value is -1.96. The molecule has 2 unspecified atom stereocenters. The summed E-state index contributed by atoms with van der Waals surface area (Å²) in [7, 11) is 3.54. The first-order chi connectivity index (χ1) is 10.7. The maximum Gasteiger partial charge on any atom is 0.122 e. The van der Waals surface area contributed by atoms with Crippen LogP contribution in [0.4, 0.5) is 0 Å². The summed E-state index contributed by atoms with van der Waals surface area (Å²) in [6.45, 7) is 4.39. The van der Waals surface area contributed by atoms with Gasteiger partial charge in [-0.05, 0) is 61.1 Å². The van der Waals surface area contributed by atoms with Crippen LogP contribution in [0.15, 0.2) is 69.3 Å². The highest BCUT2D eigenvalue weighted by atomic mass is 16.5. The summed E-state index contributed by atoms with van der Waals surface area (Å²) in [5.74, 6) is 3.05. The zero-order valence-corrected chi connectivity index (χ0v) is 13.7. The molecule has 22 heavy (non-hydrogen) atoms. The lowest BCUT2D eigenvalue weighted by Crippen LogP contribution is -2.33. The van der Waals surface area contributed by atoms with E-state index in [2.05, 4.69) is 38.2 Å². The molecule has 0 saturated heterocycles. The quantitative estimate of drug-likeness (QED) is 0.741. The van der Waals surface area contributed by atoms with E-state index in [-0.39, 0.29) is 0 Å². The molecule has 2 atom stereocenters. The predicted molar refractivity (Wildman–Crippen MR) is 88.0 cm³/mol. The SMILES string of the molecule is COC1=CC2=CC=C3C(C)=C(OC)C=C4CCC(=C1C)C2C43. The highest BCUT2D eigenvalue weighted by Crippen LogP contribution is 2.55. The Kier molecular flexibility index (Phi) is 2.97. The molecular formula is C20H22O2. The first-order valence-electron chi connectivity index (χ1n) is 7.99. The van der Waals surface area contributed by atoms with E-state index < -0.39 is 0 Å². The molecule has 0 aromatic rings. The third-order valence-electron chi connectivity index (χ3n) is 5.65. The van der Waals surface area contributed by atoms with Gasteiger partial charge in [0.25, 0.3) is 0 Å². The maximum absolute atomic E-state index is 5.59. The Labute approximate surface area is 132 Å². The average molecular weight is 294 g/mol. The van der Waals surface area contributed by atoms with Gasteiger partial charge in [-0.3, -0.25) is 0 Å². The Morgan fingerprint density at radius 1 is 0.909 bits per heavy atom. The summed E-state index contributed by atoms with van der Waals surface area (Å²) in [5, 5.41) is 0. The van der Waals surface area contributed by atoms with Crippen LogP contribution in [0.1, 0.15) is 26.7 Å². The number of hydrogen-bond acceptors (Lipinski definition) is 2. The molecule has 1 saturated carbocycles. The second-order valence-electron chi connectivity index (χ2n) is 6.52. The van der Waals surface area contributed by atoms with Gasteiger partial charge in [0.15, 0.2) is 0 Å². The molecule has 0 amide bonds. The number of allylic oxidation sites excluding steroid dienone is 10. The minimum Gasteiger partial charge on any atom is -0.496 e. The van der Waals surface area contributed by atoms with Crippen molar-refractivity contribution in [1.29, 1.82) is 0 Å². The monoisotopic (exact) mass is 294 g/mol. The van der Waals surface area contributed by atoms with E-state index in [1.54, 1.807) is 19.8 Å². The second kappa shape index (κ2) is 4.77. The molecular weight excluding hydrogens is 272 g/mol. The lowest BCUT2D eigenvalue weighted by Gasteiger charge is -2.45. The average Bonchev–Trinajstić information content (AvgIpc) is 2.55. The van der Waals surface area contributed by atoms with Crippen molar-refractivity contribution in [2.75, 3.05) is 14.2 Å². The summed E-state index contributed by atoms with van der Waals surface area (Å²) in [6.07, 6.45) is 11.3. The minimum atomic E-state index is 0.493. The standard InChI is InChI=1S/C20H22O2/c1-11-15-7-5-14-10-18(22-4)12(2)16-8-6-13(9-17(11)21-3)19(15)20(14)16/h5,7,9-10,19-20H,6,8H2,1-4H3. The summed E-state index contributed by atoms with van der Waals surface area (Å²) >= 11 is 0. The van der Waals surface area contributed by atoms with Gasteiger partial charge >= 0.3 is 0 Å². The Morgan fingerprint density at radius 2 is 1.73 bits per heavy atom. The third kappa shape index (κ3) is 1.67. The molecule has 0 aromatic carbocycles. The molecule has 4 aliphatic carbocycles. The van der Waals surface area contributed by atoms with Crippen molar-refractivity contribution in [1.82, 2.24) is 0 Å². The lowest BCUT2D eigenvalue weighted by molar-refractivity contribution is 0.288. The Morgan fingerprint density at radius 3 is 2.45 bits per heavy atom. The van der Waals surface area contributed by atoms with Crippen molar-refractivity contribution in [3.05, 3.63) is 69.3 Å². The summed E-state index contributed by atoms with van der Waals surface area (Å²) < 4.78 is 11.2. The van der Waals surface area contributed by atoms with E-state index in [0.717, 1.165) is 24.4 Å². The molecule has 4 aliphatic rings. The molecule has 2 heteroatoms. The van der Waals surface area contributed by atoms with Crippen LogP contribution < -0.4 is 0 Å². The van der Waals surface area contributed by atoms with Gasteiger partial charge in [0, 0.05) is 11.8 Å². The zero-order valence-electron chi connectivity index (χ0n) is 13.7. The van der Waals surface area contributed by atoms with Gasteiger partial charge in [-0.25, -0.2) is 0 Å². The highest BCUT2D eigenvalue weighted by molar-refractivity contribution is 5.60. The first-order valence-corrected chi connectivity index (χ1v) is 7.99.